The molecule has 0 saturated carbocycles. The van der Waals surface area contributed by atoms with Crippen LogP contribution < -0.4 is 0 Å². The molecule has 0 N–H and O–H groups in total. The summed E-state index contributed by atoms with van der Waals surface area (Å²) in [5, 5.41) is 1.97. The van der Waals surface area contributed by atoms with Crippen molar-refractivity contribution in [1.29, 1.82) is 0 Å². The molecule has 0 radical (unpaired) electrons. The Morgan fingerprint density at radius 2 is 2.30 bits per heavy atom. The number of nitrogens with zero attached hydrogens (tertiary/aromatic N) is 1. The highest BCUT2D eigenvalue weighted by molar-refractivity contribution is 7.14. The summed E-state index contributed by atoms with van der Waals surface area (Å²) in [6, 6.07) is 5.92. The zero-order valence-electron chi connectivity index (χ0n) is 11.2. The van der Waals surface area contributed by atoms with Gasteiger partial charge >= 0.3 is 5.97 Å². The quantitative estimate of drug-likeness (QED) is 0.634. The third-order valence-electron chi connectivity index (χ3n) is 3.00. The molecular formula is C15H13NO2S2. The highest BCUT2D eigenvalue weighted by atomic mass is 32.1. The van der Waals surface area contributed by atoms with E-state index in [1.165, 1.54) is 10.4 Å². The van der Waals surface area contributed by atoms with Gasteiger partial charge in [0.2, 0.25) is 5.90 Å². The first-order chi connectivity index (χ1) is 9.67. The summed E-state index contributed by atoms with van der Waals surface area (Å²) in [4.78, 5) is 19.4. The second kappa shape index (κ2) is 5.34. The molecule has 0 fully saturated rings. The van der Waals surface area contributed by atoms with E-state index in [9.17, 15) is 4.79 Å². The van der Waals surface area contributed by atoms with Gasteiger partial charge in [-0.25, -0.2) is 9.79 Å². The van der Waals surface area contributed by atoms with Crippen molar-refractivity contribution in [3.05, 3.63) is 49.5 Å². The Bertz CT molecular complexity index is 708. The average Bonchev–Trinajstić information content (AvgIpc) is 3.12. The van der Waals surface area contributed by atoms with E-state index in [2.05, 4.69) is 18.8 Å². The van der Waals surface area contributed by atoms with E-state index in [0.717, 1.165) is 16.2 Å². The fraction of sp³-hybridized carbons (Fsp3) is 0.200. The number of thiophene rings is 2. The Labute approximate surface area is 125 Å². The van der Waals surface area contributed by atoms with E-state index >= 15 is 0 Å². The monoisotopic (exact) mass is 303 g/mol. The molecule has 0 aromatic carbocycles. The SMILES string of the molecule is CCc1sc(C2=N/C(=C\c3cccs3)C(=O)O2)cc1C. The Hall–Kier alpha value is -1.72. The number of esters is 1. The standard InChI is InChI=1S/C15H13NO2S2/c1-3-12-9(2)7-13(20-12)14-16-11(15(17)18-14)8-10-5-4-6-19-10/h4-8H,3H2,1-2H3/b11-8-. The van der Waals surface area contributed by atoms with E-state index in [-0.39, 0.29) is 5.97 Å². The van der Waals surface area contributed by atoms with E-state index in [1.54, 1.807) is 28.7 Å². The maximum absolute atomic E-state index is 11.8. The van der Waals surface area contributed by atoms with Crippen LogP contribution in [0.5, 0.6) is 0 Å². The van der Waals surface area contributed by atoms with Gasteiger partial charge in [0, 0.05) is 9.75 Å². The van der Waals surface area contributed by atoms with Crippen molar-refractivity contribution in [2.45, 2.75) is 20.3 Å². The van der Waals surface area contributed by atoms with E-state index in [4.69, 9.17) is 4.74 Å². The molecule has 1 aliphatic heterocycles. The lowest BCUT2D eigenvalue weighted by atomic mass is 10.2. The average molecular weight is 303 g/mol. The lowest BCUT2D eigenvalue weighted by molar-refractivity contribution is -0.129. The van der Waals surface area contributed by atoms with Crippen LogP contribution in [-0.4, -0.2) is 11.9 Å². The molecule has 0 spiro atoms. The second-order valence-corrected chi connectivity index (χ2v) is 6.54. The van der Waals surface area contributed by atoms with Crippen LogP contribution in [0.2, 0.25) is 0 Å². The molecule has 0 unspecified atom stereocenters. The first-order valence-electron chi connectivity index (χ1n) is 6.33. The van der Waals surface area contributed by atoms with Crippen molar-refractivity contribution < 1.29 is 9.53 Å². The molecule has 2 aromatic rings. The van der Waals surface area contributed by atoms with Gasteiger partial charge in [-0.05, 0) is 42.5 Å². The Morgan fingerprint density at radius 3 is 2.95 bits per heavy atom. The van der Waals surface area contributed by atoms with E-state index < -0.39 is 0 Å². The number of aryl methyl sites for hydroxylation is 2. The van der Waals surface area contributed by atoms with Crippen molar-refractivity contribution >= 4 is 40.6 Å². The third-order valence-corrected chi connectivity index (χ3v) is 5.18. The fourth-order valence-electron chi connectivity index (χ4n) is 2.00. The van der Waals surface area contributed by atoms with Gasteiger partial charge in [0.1, 0.15) is 0 Å². The van der Waals surface area contributed by atoms with Crippen molar-refractivity contribution in [2.24, 2.45) is 4.99 Å². The van der Waals surface area contributed by atoms with Crippen molar-refractivity contribution in [2.75, 3.05) is 0 Å². The number of hydrogen-bond donors (Lipinski definition) is 0. The Morgan fingerprint density at radius 1 is 1.45 bits per heavy atom. The number of cyclic esters (lactones) is 1. The zero-order chi connectivity index (χ0) is 14.1. The molecule has 3 nitrogen and oxygen atoms in total. The summed E-state index contributed by atoms with van der Waals surface area (Å²) in [5.41, 5.74) is 1.59. The normalized spacial score (nSPS) is 16.6. The van der Waals surface area contributed by atoms with Crippen LogP contribution in [0, 0.1) is 6.92 Å². The summed E-state index contributed by atoms with van der Waals surface area (Å²) in [6.07, 6.45) is 2.75. The molecule has 3 heterocycles. The van der Waals surface area contributed by atoms with Crippen LogP contribution in [0.3, 0.4) is 0 Å². The minimum atomic E-state index is -0.377. The fourth-order valence-corrected chi connectivity index (χ4v) is 3.69. The Kier molecular flexibility index (Phi) is 3.54. The summed E-state index contributed by atoms with van der Waals surface area (Å²) in [6.45, 7) is 4.19. The topological polar surface area (TPSA) is 38.7 Å². The molecule has 3 rings (SSSR count). The predicted octanol–water partition coefficient (Wildman–Crippen LogP) is 4.02. The van der Waals surface area contributed by atoms with Crippen LogP contribution >= 0.6 is 22.7 Å². The molecule has 0 bridgehead atoms. The van der Waals surface area contributed by atoms with Crippen LogP contribution in [-0.2, 0) is 16.0 Å². The molecule has 0 atom stereocenters. The largest absolute Gasteiger partial charge is 0.401 e. The Balaban J connectivity index is 1.93. The van der Waals surface area contributed by atoms with Crippen LogP contribution in [0.4, 0.5) is 0 Å². The minimum absolute atomic E-state index is 0.367. The van der Waals surface area contributed by atoms with E-state index in [0.29, 0.717) is 11.6 Å². The smallest absolute Gasteiger partial charge is 0.363 e. The molecule has 20 heavy (non-hydrogen) atoms. The molecule has 0 aliphatic carbocycles. The summed E-state index contributed by atoms with van der Waals surface area (Å²) in [5.74, 6) is 0.0445. The maximum Gasteiger partial charge on any atom is 0.363 e. The summed E-state index contributed by atoms with van der Waals surface area (Å²) < 4.78 is 5.28. The van der Waals surface area contributed by atoms with Crippen LogP contribution in [0.15, 0.2) is 34.3 Å². The molecular weight excluding hydrogens is 290 g/mol. The predicted molar refractivity (Wildman–Crippen MR) is 83.4 cm³/mol. The highest BCUT2D eigenvalue weighted by Gasteiger charge is 2.25. The van der Waals surface area contributed by atoms with Gasteiger partial charge < -0.3 is 4.74 Å². The molecule has 2 aromatic heterocycles. The lowest BCUT2D eigenvalue weighted by Crippen LogP contribution is -2.03. The lowest BCUT2D eigenvalue weighted by Gasteiger charge is -1.93. The minimum Gasteiger partial charge on any atom is -0.401 e. The maximum atomic E-state index is 11.8. The van der Waals surface area contributed by atoms with Gasteiger partial charge in [0.15, 0.2) is 5.70 Å². The number of rotatable bonds is 3. The molecule has 0 amide bonds. The first-order valence-corrected chi connectivity index (χ1v) is 8.02. The van der Waals surface area contributed by atoms with Crippen LogP contribution in [0.25, 0.3) is 6.08 Å². The van der Waals surface area contributed by atoms with Gasteiger partial charge in [0.05, 0.1) is 4.88 Å². The zero-order valence-corrected chi connectivity index (χ0v) is 12.8. The number of carbonyl (C=O) groups is 1. The number of hydrogen-bond acceptors (Lipinski definition) is 5. The number of aliphatic imine (C=N–C) groups is 1. The van der Waals surface area contributed by atoms with Gasteiger partial charge in [-0.2, -0.15) is 0 Å². The summed E-state index contributed by atoms with van der Waals surface area (Å²) >= 11 is 3.20. The third kappa shape index (κ3) is 2.46. The molecule has 5 heteroatoms. The molecule has 1 aliphatic rings. The second-order valence-electron chi connectivity index (χ2n) is 4.42. The molecule has 0 saturated heterocycles. The van der Waals surface area contributed by atoms with Gasteiger partial charge in [-0.1, -0.05) is 13.0 Å². The van der Waals surface area contributed by atoms with Crippen molar-refractivity contribution in [1.82, 2.24) is 0 Å². The number of ether oxygens (including phenoxy) is 1. The highest BCUT2D eigenvalue weighted by Crippen LogP contribution is 2.27. The van der Waals surface area contributed by atoms with E-state index in [1.807, 2.05) is 23.6 Å². The first kappa shape index (κ1) is 13.3. The van der Waals surface area contributed by atoms with Gasteiger partial charge in [-0.15, -0.1) is 22.7 Å². The van der Waals surface area contributed by atoms with Crippen LogP contribution in [0.1, 0.15) is 27.1 Å². The molecule has 102 valence electrons. The van der Waals surface area contributed by atoms with Crippen molar-refractivity contribution in [3.63, 3.8) is 0 Å². The summed E-state index contributed by atoms with van der Waals surface area (Å²) in [7, 11) is 0. The van der Waals surface area contributed by atoms with Crippen molar-refractivity contribution in [3.8, 4) is 0 Å². The van der Waals surface area contributed by atoms with Gasteiger partial charge in [0.25, 0.3) is 0 Å². The van der Waals surface area contributed by atoms with Gasteiger partial charge in [-0.3, -0.25) is 0 Å². The number of carbonyl (C=O) groups excluding carboxylic acids is 1.